The van der Waals surface area contributed by atoms with Crippen LogP contribution in [0.4, 0.5) is 0 Å². The molecular formula is C18H22O3P-. The quantitative estimate of drug-likeness (QED) is 0.666. The Morgan fingerprint density at radius 1 is 0.864 bits per heavy atom. The lowest BCUT2D eigenvalue weighted by Crippen LogP contribution is -2.09. The van der Waals surface area contributed by atoms with Gasteiger partial charge in [0, 0.05) is 0 Å². The smallest absolute Gasteiger partial charge is 0.210 e. The summed E-state index contributed by atoms with van der Waals surface area (Å²) in [5.41, 5.74) is 2.41. The van der Waals surface area contributed by atoms with Crippen molar-refractivity contribution in [3.05, 3.63) is 59.7 Å². The van der Waals surface area contributed by atoms with Crippen molar-refractivity contribution in [2.24, 2.45) is 0 Å². The van der Waals surface area contributed by atoms with Crippen LogP contribution in [-0.4, -0.2) is 0 Å². The van der Waals surface area contributed by atoms with Gasteiger partial charge in [-0.3, -0.25) is 0 Å². The SMILES string of the molecule is CCCc1cccc(OP([O-])Oc2ccccc2)c1CCC. The highest BCUT2D eigenvalue weighted by Gasteiger charge is 2.10. The largest absolute Gasteiger partial charge is 0.765 e. The molecule has 2 aromatic carbocycles. The minimum atomic E-state index is -2.23. The Labute approximate surface area is 133 Å². The van der Waals surface area contributed by atoms with Gasteiger partial charge in [-0.05, 0) is 42.2 Å². The molecule has 0 spiro atoms. The molecule has 1 atom stereocenters. The van der Waals surface area contributed by atoms with Crippen molar-refractivity contribution >= 4 is 8.60 Å². The minimum Gasteiger partial charge on any atom is -0.765 e. The second kappa shape index (κ2) is 8.77. The van der Waals surface area contributed by atoms with Crippen molar-refractivity contribution in [1.82, 2.24) is 0 Å². The summed E-state index contributed by atoms with van der Waals surface area (Å²) >= 11 is 0. The molecule has 0 heterocycles. The fraction of sp³-hybridized carbons (Fsp3) is 0.333. The Balaban J connectivity index is 2.12. The van der Waals surface area contributed by atoms with E-state index in [0.29, 0.717) is 11.5 Å². The van der Waals surface area contributed by atoms with Gasteiger partial charge in [0.25, 0.3) is 0 Å². The molecule has 2 rings (SSSR count). The van der Waals surface area contributed by atoms with Gasteiger partial charge in [0.05, 0.1) is 0 Å². The monoisotopic (exact) mass is 317 g/mol. The molecule has 0 radical (unpaired) electrons. The van der Waals surface area contributed by atoms with Crippen LogP contribution in [0.3, 0.4) is 0 Å². The van der Waals surface area contributed by atoms with Crippen LogP contribution in [0.1, 0.15) is 37.8 Å². The Morgan fingerprint density at radius 2 is 1.59 bits per heavy atom. The fourth-order valence-electron chi connectivity index (χ4n) is 2.40. The van der Waals surface area contributed by atoms with Crippen LogP contribution < -0.4 is 13.9 Å². The molecule has 0 aliphatic heterocycles. The first-order chi connectivity index (χ1) is 10.7. The molecule has 0 aliphatic carbocycles. The molecule has 0 bridgehead atoms. The molecule has 1 unspecified atom stereocenters. The molecule has 0 fully saturated rings. The van der Waals surface area contributed by atoms with Gasteiger partial charge < -0.3 is 13.9 Å². The highest BCUT2D eigenvalue weighted by atomic mass is 31.2. The van der Waals surface area contributed by atoms with Crippen molar-refractivity contribution in [3.63, 3.8) is 0 Å². The first-order valence-corrected chi connectivity index (χ1v) is 8.83. The van der Waals surface area contributed by atoms with E-state index in [1.807, 2.05) is 30.3 Å². The zero-order valence-corrected chi connectivity index (χ0v) is 14.0. The van der Waals surface area contributed by atoms with Crippen molar-refractivity contribution in [2.45, 2.75) is 39.5 Å². The number of hydrogen-bond donors (Lipinski definition) is 0. The molecule has 2 aromatic rings. The lowest BCUT2D eigenvalue weighted by Gasteiger charge is -2.25. The molecule has 0 saturated carbocycles. The molecule has 0 amide bonds. The molecule has 0 aromatic heterocycles. The van der Waals surface area contributed by atoms with Gasteiger partial charge in [0.15, 0.2) is 0 Å². The third-order valence-electron chi connectivity index (χ3n) is 3.35. The molecule has 3 nitrogen and oxygen atoms in total. The van der Waals surface area contributed by atoms with E-state index >= 15 is 0 Å². The van der Waals surface area contributed by atoms with Crippen molar-refractivity contribution < 1.29 is 13.9 Å². The Kier molecular flexibility index (Phi) is 6.70. The van der Waals surface area contributed by atoms with Crippen LogP contribution in [0.25, 0.3) is 0 Å². The van der Waals surface area contributed by atoms with E-state index < -0.39 is 8.60 Å². The van der Waals surface area contributed by atoms with Crippen molar-refractivity contribution in [3.8, 4) is 11.5 Å². The summed E-state index contributed by atoms with van der Waals surface area (Å²) < 4.78 is 10.9. The van der Waals surface area contributed by atoms with E-state index in [-0.39, 0.29) is 0 Å². The average Bonchev–Trinajstić information content (AvgIpc) is 2.51. The number of para-hydroxylation sites is 1. The molecule has 0 N–H and O–H groups in total. The van der Waals surface area contributed by atoms with Crippen LogP contribution in [0.15, 0.2) is 48.5 Å². The topological polar surface area (TPSA) is 41.5 Å². The standard InChI is InChI=1S/C18H22O3P/c1-3-9-15-11-8-14-18(17(15)10-4-2)21-22(19)20-16-12-6-5-7-13-16/h5-8,11-14H,3-4,9-10H2,1-2H3/q-1. The summed E-state index contributed by atoms with van der Waals surface area (Å²) in [6.45, 7) is 4.29. The second-order valence-corrected chi connectivity index (χ2v) is 5.93. The van der Waals surface area contributed by atoms with Crippen molar-refractivity contribution in [1.29, 1.82) is 0 Å². The van der Waals surface area contributed by atoms with Gasteiger partial charge in [0.2, 0.25) is 8.60 Å². The van der Waals surface area contributed by atoms with E-state index in [1.165, 1.54) is 5.56 Å². The lowest BCUT2D eigenvalue weighted by atomic mass is 9.99. The predicted octanol–water partition coefficient (Wildman–Crippen LogP) is 4.64. The van der Waals surface area contributed by atoms with Crippen LogP contribution in [0.5, 0.6) is 11.5 Å². The zero-order valence-electron chi connectivity index (χ0n) is 13.1. The highest BCUT2D eigenvalue weighted by Crippen LogP contribution is 2.36. The normalized spacial score (nSPS) is 12.0. The van der Waals surface area contributed by atoms with Crippen LogP contribution >= 0.6 is 8.60 Å². The Hall–Kier alpha value is -1.57. The van der Waals surface area contributed by atoms with Crippen LogP contribution in [0.2, 0.25) is 0 Å². The van der Waals surface area contributed by atoms with Gasteiger partial charge in [-0.15, -0.1) is 0 Å². The number of hydrogen-bond acceptors (Lipinski definition) is 3. The van der Waals surface area contributed by atoms with Gasteiger partial charge in [0.1, 0.15) is 11.5 Å². The van der Waals surface area contributed by atoms with Gasteiger partial charge in [-0.1, -0.05) is 57.0 Å². The fourth-order valence-corrected chi connectivity index (χ4v) is 3.06. The second-order valence-electron chi connectivity index (χ2n) is 5.11. The third kappa shape index (κ3) is 4.72. The summed E-state index contributed by atoms with van der Waals surface area (Å²) in [5, 5.41) is 0. The molecule has 118 valence electrons. The number of aryl methyl sites for hydroxylation is 1. The summed E-state index contributed by atoms with van der Waals surface area (Å²) in [7, 11) is -2.23. The van der Waals surface area contributed by atoms with Crippen LogP contribution in [0, 0.1) is 0 Å². The third-order valence-corrected chi connectivity index (χ3v) is 4.05. The molecule has 4 heteroatoms. The summed E-state index contributed by atoms with van der Waals surface area (Å²) in [4.78, 5) is 12.1. The van der Waals surface area contributed by atoms with E-state index in [2.05, 4.69) is 19.9 Å². The van der Waals surface area contributed by atoms with Gasteiger partial charge in [-0.25, -0.2) is 0 Å². The maximum absolute atomic E-state index is 12.1. The van der Waals surface area contributed by atoms with E-state index in [0.717, 1.165) is 31.2 Å². The Morgan fingerprint density at radius 3 is 2.27 bits per heavy atom. The van der Waals surface area contributed by atoms with E-state index in [1.54, 1.807) is 12.1 Å². The van der Waals surface area contributed by atoms with E-state index in [9.17, 15) is 4.89 Å². The van der Waals surface area contributed by atoms with Crippen LogP contribution in [-0.2, 0) is 12.8 Å². The first-order valence-electron chi connectivity index (χ1n) is 7.73. The van der Waals surface area contributed by atoms with Gasteiger partial charge >= 0.3 is 0 Å². The molecule has 0 aliphatic rings. The van der Waals surface area contributed by atoms with E-state index in [4.69, 9.17) is 9.05 Å². The highest BCUT2D eigenvalue weighted by molar-refractivity contribution is 7.39. The Bertz CT molecular complexity index is 572. The van der Waals surface area contributed by atoms with Crippen molar-refractivity contribution in [2.75, 3.05) is 0 Å². The minimum absolute atomic E-state index is 0.547. The summed E-state index contributed by atoms with van der Waals surface area (Å²) in [6, 6.07) is 15.0. The number of benzene rings is 2. The summed E-state index contributed by atoms with van der Waals surface area (Å²) in [6.07, 6.45) is 4.02. The predicted molar refractivity (Wildman–Crippen MR) is 89.1 cm³/mol. The molecule has 0 saturated heterocycles. The number of rotatable bonds is 8. The van der Waals surface area contributed by atoms with Gasteiger partial charge in [-0.2, -0.15) is 0 Å². The summed E-state index contributed by atoms with van der Waals surface area (Å²) in [5.74, 6) is 1.22. The maximum Gasteiger partial charge on any atom is 0.210 e. The maximum atomic E-state index is 12.1. The molecule has 22 heavy (non-hydrogen) atoms. The average molecular weight is 317 g/mol. The molecular weight excluding hydrogens is 295 g/mol. The first kappa shape index (κ1) is 16.8. The lowest BCUT2D eigenvalue weighted by molar-refractivity contribution is -0.189. The zero-order chi connectivity index (χ0) is 15.8.